The molecule has 1 aromatic carbocycles. The number of fused-ring (bicyclic) bond motifs is 3. The molecule has 4 rings (SSSR count). The van der Waals surface area contributed by atoms with Crippen LogP contribution < -0.4 is 10.6 Å². The van der Waals surface area contributed by atoms with Crippen molar-refractivity contribution in [1.29, 1.82) is 0 Å². The van der Waals surface area contributed by atoms with Crippen LogP contribution in [-0.4, -0.2) is 28.6 Å². The van der Waals surface area contributed by atoms with Crippen molar-refractivity contribution in [2.24, 2.45) is 0 Å². The maximum absolute atomic E-state index is 12.0. The molecular weight excluding hydrogens is 316 g/mol. The van der Waals surface area contributed by atoms with E-state index in [1.54, 1.807) is 0 Å². The van der Waals surface area contributed by atoms with E-state index in [1.807, 2.05) is 36.5 Å². The van der Waals surface area contributed by atoms with Crippen molar-refractivity contribution in [3.63, 3.8) is 0 Å². The van der Waals surface area contributed by atoms with Crippen LogP contribution in [0.15, 0.2) is 36.5 Å². The Balaban J connectivity index is 1.42. The third-order valence-electron chi connectivity index (χ3n) is 4.98. The molecule has 130 valence electrons. The van der Waals surface area contributed by atoms with Gasteiger partial charge in [-0.3, -0.25) is 5.32 Å². The smallest absolute Gasteiger partial charge is 0.414 e. The summed E-state index contributed by atoms with van der Waals surface area (Å²) >= 11 is 0. The number of piperidine rings is 1. The molecule has 1 aliphatic carbocycles. The first kappa shape index (κ1) is 16.0. The molecule has 0 unspecified atom stereocenters. The van der Waals surface area contributed by atoms with Crippen LogP contribution in [0.2, 0.25) is 0 Å². The number of nitrogens with one attached hydrogen (secondary N) is 2. The second-order valence-corrected chi connectivity index (χ2v) is 6.64. The minimum Gasteiger partial charge on any atom is -0.444 e. The molecule has 1 aliphatic heterocycles. The number of hydrogen-bond acceptors (Lipinski definition) is 5. The lowest BCUT2D eigenvalue weighted by Gasteiger charge is -2.36. The Morgan fingerprint density at radius 3 is 3.04 bits per heavy atom. The van der Waals surface area contributed by atoms with Crippen LogP contribution in [0, 0.1) is 0 Å². The van der Waals surface area contributed by atoms with E-state index >= 15 is 0 Å². The van der Waals surface area contributed by atoms with Crippen molar-refractivity contribution in [3.05, 3.63) is 53.3 Å². The van der Waals surface area contributed by atoms with Gasteiger partial charge in [0.1, 0.15) is 6.61 Å². The molecule has 1 saturated heterocycles. The first-order chi connectivity index (χ1) is 12.3. The topological polar surface area (TPSA) is 76.1 Å². The van der Waals surface area contributed by atoms with E-state index in [-0.39, 0.29) is 6.61 Å². The van der Waals surface area contributed by atoms with E-state index in [2.05, 4.69) is 20.6 Å². The third-order valence-corrected chi connectivity index (χ3v) is 4.98. The quantitative estimate of drug-likeness (QED) is 0.900. The van der Waals surface area contributed by atoms with Crippen molar-refractivity contribution in [3.8, 4) is 0 Å². The minimum absolute atomic E-state index is 0.228. The number of hydrogen-bond donors (Lipinski definition) is 2. The zero-order valence-corrected chi connectivity index (χ0v) is 14.1. The number of rotatable bonds is 3. The molecule has 2 aliphatic rings. The van der Waals surface area contributed by atoms with Crippen molar-refractivity contribution in [2.75, 3.05) is 11.9 Å². The molecule has 2 heterocycles. The second-order valence-electron chi connectivity index (χ2n) is 6.64. The maximum atomic E-state index is 12.0. The first-order valence-electron chi connectivity index (χ1n) is 8.86. The molecule has 1 fully saturated rings. The van der Waals surface area contributed by atoms with Gasteiger partial charge < -0.3 is 10.1 Å². The number of ether oxygens (including phenoxy) is 1. The van der Waals surface area contributed by atoms with Gasteiger partial charge in [0.05, 0.1) is 5.69 Å². The fourth-order valence-electron chi connectivity index (χ4n) is 3.74. The molecule has 2 N–H and O–H groups in total. The van der Waals surface area contributed by atoms with E-state index in [9.17, 15) is 4.79 Å². The zero-order valence-electron chi connectivity index (χ0n) is 14.1. The fourth-order valence-corrected chi connectivity index (χ4v) is 3.74. The average molecular weight is 338 g/mol. The highest BCUT2D eigenvalue weighted by Crippen LogP contribution is 2.35. The van der Waals surface area contributed by atoms with Crippen LogP contribution >= 0.6 is 0 Å². The van der Waals surface area contributed by atoms with Crippen LogP contribution in [0.4, 0.5) is 10.7 Å². The van der Waals surface area contributed by atoms with Gasteiger partial charge in [-0.2, -0.15) is 0 Å². The van der Waals surface area contributed by atoms with Crippen LogP contribution in [0.25, 0.3) is 0 Å². The lowest BCUT2D eigenvalue weighted by molar-refractivity contribution is 0.155. The summed E-state index contributed by atoms with van der Waals surface area (Å²) in [4.78, 5) is 20.9. The molecule has 6 heteroatoms. The Labute approximate surface area is 147 Å². The van der Waals surface area contributed by atoms with E-state index in [4.69, 9.17) is 4.74 Å². The molecule has 0 spiro atoms. The van der Waals surface area contributed by atoms with Crippen molar-refractivity contribution < 1.29 is 9.53 Å². The SMILES string of the molecule is O=C(Nc1ncc2c(n1)[C@@H]1CCCN[C@H]1CC2)OCc1ccccc1. The second kappa shape index (κ2) is 7.19. The predicted octanol–water partition coefficient (Wildman–Crippen LogP) is 3.01. The highest BCUT2D eigenvalue weighted by Gasteiger charge is 2.33. The van der Waals surface area contributed by atoms with Gasteiger partial charge in [0.2, 0.25) is 5.95 Å². The van der Waals surface area contributed by atoms with Gasteiger partial charge in [0, 0.05) is 18.2 Å². The van der Waals surface area contributed by atoms with E-state index < -0.39 is 6.09 Å². The van der Waals surface area contributed by atoms with Gasteiger partial charge in [-0.1, -0.05) is 30.3 Å². The largest absolute Gasteiger partial charge is 0.444 e. The van der Waals surface area contributed by atoms with Crippen molar-refractivity contribution in [1.82, 2.24) is 15.3 Å². The highest BCUT2D eigenvalue weighted by molar-refractivity contribution is 5.82. The molecule has 0 saturated carbocycles. The Bertz CT molecular complexity index is 750. The van der Waals surface area contributed by atoms with Crippen molar-refractivity contribution >= 4 is 12.0 Å². The molecule has 1 amide bonds. The summed E-state index contributed by atoms with van der Waals surface area (Å²) in [6, 6.07) is 10.1. The van der Waals surface area contributed by atoms with E-state index in [0.29, 0.717) is 17.9 Å². The number of benzene rings is 1. The Hall–Kier alpha value is -2.47. The van der Waals surface area contributed by atoms with Gasteiger partial charge in [-0.15, -0.1) is 0 Å². The zero-order chi connectivity index (χ0) is 17.1. The predicted molar refractivity (Wildman–Crippen MR) is 94.4 cm³/mol. The molecule has 0 bridgehead atoms. The summed E-state index contributed by atoms with van der Waals surface area (Å²) in [6.45, 7) is 1.31. The van der Waals surface area contributed by atoms with Crippen molar-refractivity contribution in [2.45, 2.75) is 44.2 Å². The van der Waals surface area contributed by atoms with Crippen LogP contribution in [-0.2, 0) is 17.8 Å². The molecule has 2 atom stereocenters. The molecule has 2 aromatic rings. The molecule has 0 radical (unpaired) electrons. The summed E-state index contributed by atoms with van der Waals surface area (Å²) in [7, 11) is 0. The van der Waals surface area contributed by atoms with Crippen LogP contribution in [0.1, 0.15) is 42.0 Å². The first-order valence-corrected chi connectivity index (χ1v) is 8.86. The Kier molecular flexibility index (Phi) is 4.61. The Morgan fingerprint density at radius 1 is 1.28 bits per heavy atom. The minimum atomic E-state index is -0.530. The Morgan fingerprint density at radius 2 is 2.16 bits per heavy atom. The van der Waals surface area contributed by atoms with Crippen LogP contribution in [0.5, 0.6) is 0 Å². The monoisotopic (exact) mass is 338 g/mol. The summed E-state index contributed by atoms with van der Waals surface area (Å²) in [5, 5.41) is 6.24. The maximum Gasteiger partial charge on any atom is 0.414 e. The molecule has 25 heavy (non-hydrogen) atoms. The number of carbonyl (C=O) groups is 1. The van der Waals surface area contributed by atoms with E-state index in [1.165, 1.54) is 5.56 Å². The molecule has 6 nitrogen and oxygen atoms in total. The number of amides is 1. The normalized spacial score (nSPS) is 21.8. The van der Waals surface area contributed by atoms with Crippen LogP contribution in [0.3, 0.4) is 0 Å². The molecular formula is C19H22N4O2. The third kappa shape index (κ3) is 3.64. The number of carbonyl (C=O) groups excluding carboxylic acids is 1. The number of nitrogens with zero attached hydrogens (tertiary/aromatic N) is 2. The van der Waals surface area contributed by atoms with Gasteiger partial charge in [0.15, 0.2) is 0 Å². The van der Waals surface area contributed by atoms with Gasteiger partial charge in [-0.05, 0) is 43.4 Å². The summed E-state index contributed by atoms with van der Waals surface area (Å²) < 4.78 is 5.24. The van der Waals surface area contributed by atoms with Gasteiger partial charge in [-0.25, -0.2) is 14.8 Å². The number of anilines is 1. The summed E-state index contributed by atoms with van der Waals surface area (Å²) in [6.07, 6.45) is 5.74. The molecule has 1 aromatic heterocycles. The summed E-state index contributed by atoms with van der Waals surface area (Å²) in [5.74, 6) is 0.740. The van der Waals surface area contributed by atoms with E-state index in [0.717, 1.165) is 43.5 Å². The average Bonchev–Trinajstić information content (AvgIpc) is 2.67. The number of aryl methyl sites for hydroxylation is 1. The fraction of sp³-hybridized carbons (Fsp3) is 0.421. The van der Waals surface area contributed by atoms with Gasteiger partial charge >= 0.3 is 6.09 Å². The lowest BCUT2D eigenvalue weighted by atomic mass is 9.78. The highest BCUT2D eigenvalue weighted by atomic mass is 16.5. The van der Waals surface area contributed by atoms with Gasteiger partial charge in [0.25, 0.3) is 0 Å². The number of aromatic nitrogens is 2. The lowest BCUT2D eigenvalue weighted by Crippen LogP contribution is -2.43. The summed E-state index contributed by atoms with van der Waals surface area (Å²) in [5.41, 5.74) is 3.23. The standard InChI is InChI=1S/C19H22N4O2/c24-19(25-12-13-5-2-1-3-6-13)23-18-21-11-14-8-9-16-15(17(14)22-18)7-4-10-20-16/h1-3,5-6,11,15-16,20H,4,7-10,12H2,(H,21,22,23,24)/t15-,16+/m1/s1.